The molecule has 0 saturated heterocycles. The van der Waals surface area contributed by atoms with Crippen molar-refractivity contribution in [1.29, 1.82) is 0 Å². The van der Waals surface area contributed by atoms with Gasteiger partial charge in [-0.1, -0.05) is 60.7 Å². The first-order valence-corrected chi connectivity index (χ1v) is 6.96. The van der Waals surface area contributed by atoms with Gasteiger partial charge in [-0.05, 0) is 39.8 Å². The zero-order chi connectivity index (χ0) is 15.5. The van der Waals surface area contributed by atoms with E-state index >= 15 is 0 Å². The monoisotopic (exact) mass is 292 g/mol. The summed E-state index contributed by atoms with van der Waals surface area (Å²) in [6, 6.07) is 21.8. The van der Waals surface area contributed by atoms with E-state index in [9.17, 15) is 14.4 Å². The van der Waals surface area contributed by atoms with Crippen molar-refractivity contribution >= 4 is 12.6 Å². The molecule has 0 spiro atoms. The number of hydrogen-bond donors (Lipinski definition) is 2. The van der Waals surface area contributed by atoms with Crippen LogP contribution >= 0.6 is 0 Å². The normalized spacial score (nSPS) is 10.5. The Labute approximate surface area is 128 Å². The summed E-state index contributed by atoms with van der Waals surface area (Å²) in [4.78, 5) is 0. The van der Waals surface area contributed by atoms with E-state index in [1.54, 1.807) is 6.07 Å². The molecule has 0 aromatic heterocycles. The topological polar surface area (TPSA) is 40.5 Å². The minimum absolute atomic E-state index is 0.141. The fourth-order valence-electron chi connectivity index (χ4n) is 2.41. The quantitative estimate of drug-likeness (QED) is 0.729. The molecule has 4 heteroatoms. The largest absolute Gasteiger partial charge is 0.488 e. The fourth-order valence-corrected chi connectivity index (χ4v) is 2.41. The highest BCUT2D eigenvalue weighted by molar-refractivity contribution is 6.58. The van der Waals surface area contributed by atoms with Crippen LogP contribution in [0.3, 0.4) is 0 Å². The average molecular weight is 292 g/mol. The van der Waals surface area contributed by atoms with Crippen LogP contribution in [0.2, 0.25) is 0 Å². The van der Waals surface area contributed by atoms with Gasteiger partial charge in [0.15, 0.2) is 0 Å². The van der Waals surface area contributed by atoms with Crippen LogP contribution in [0.4, 0.5) is 4.39 Å². The third-order valence-corrected chi connectivity index (χ3v) is 3.54. The first-order valence-electron chi connectivity index (χ1n) is 6.96. The highest BCUT2D eigenvalue weighted by Gasteiger charge is 2.13. The molecule has 2 N–H and O–H groups in total. The van der Waals surface area contributed by atoms with Gasteiger partial charge in [0.25, 0.3) is 0 Å². The van der Waals surface area contributed by atoms with Crippen LogP contribution in [-0.2, 0) is 0 Å². The SMILES string of the molecule is OB(O)c1cc(F)cc(-c2ccc(-c3ccccc3)cc2)c1. The predicted molar refractivity (Wildman–Crippen MR) is 87.1 cm³/mol. The molecule has 0 heterocycles. The second-order valence-corrected chi connectivity index (χ2v) is 5.09. The Balaban J connectivity index is 1.96. The average Bonchev–Trinajstić information content (AvgIpc) is 2.55. The molecule has 0 unspecified atom stereocenters. The number of benzene rings is 3. The van der Waals surface area contributed by atoms with Crippen molar-refractivity contribution in [3.8, 4) is 22.3 Å². The van der Waals surface area contributed by atoms with Gasteiger partial charge in [-0.25, -0.2) is 4.39 Å². The van der Waals surface area contributed by atoms with E-state index in [1.807, 2.05) is 54.6 Å². The van der Waals surface area contributed by atoms with Crippen molar-refractivity contribution in [3.05, 3.63) is 78.6 Å². The summed E-state index contributed by atoms with van der Waals surface area (Å²) in [6.07, 6.45) is 0. The van der Waals surface area contributed by atoms with E-state index in [4.69, 9.17) is 0 Å². The zero-order valence-corrected chi connectivity index (χ0v) is 11.8. The summed E-state index contributed by atoms with van der Waals surface area (Å²) in [6.45, 7) is 0. The van der Waals surface area contributed by atoms with E-state index in [-0.39, 0.29) is 5.46 Å². The van der Waals surface area contributed by atoms with Gasteiger partial charge in [0, 0.05) is 0 Å². The van der Waals surface area contributed by atoms with E-state index in [1.165, 1.54) is 6.07 Å². The molecule has 0 fully saturated rings. The molecule has 3 aromatic rings. The van der Waals surface area contributed by atoms with Crippen molar-refractivity contribution < 1.29 is 14.4 Å². The Morgan fingerprint density at radius 1 is 0.636 bits per heavy atom. The Morgan fingerprint density at radius 2 is 1.18 bits per heavy atom. The highest BCUT2D eigenvalue weighted by Crippen LogP contribution is 2.24. The lowest BCUT2D eigenvalue weighted by Crippen LogP contribution is -2.30. The highest BCUT2D eigenvalue weighted by atomic mass is 19.1. The lowest BCUT2D eigenvalue weighted by Gasteiger charge is -2.07. The maximum Gasteiger partial charge on any atom is 0.488 e. The predicted octanol–water partition coefficient (Wildman–Crippen LogP) is 2.84. The second-order valence-electron chi connectivity index (χ2n) is 5.09. The lowest BCUT2D eigenvalue weighted by atomic mass is 9.79. The molecule has 3 aromatic carbocycles. The fraction of sp³-hybridized carbons (Fsp3) is 0. The van der Waals surface area contributed by atoms with Gasteiger partial charge < -0.3 is 10.0 Å². The van der Waals surface area contributed by atoms with Crippen LogP contribution < -0.4 is 5.46 Å². The minimum Gasteiger partial charge on any atom is -0.423 e. The Hall–Kier alpha value is -2.43. The number of hydrogen-bond acceptors (Lipinski definition) is 2. The van der Waals surface area contributed by atoms with Gasteiger partial charge in [0.05, 0.1) is 0 Å². The summed E-state index contributed by atoms with van der Waals surface area (Å²) in [5.74, 6) is -0.493. The van der Waals surface area contributed by atoms with E-state index < -0.39 is 12.9 Å². The van der Waals surface area contributed by atoms with Gasteiger partial charge in [0.1, 0.15) is 5.82 Å². The number of halogens is 1. The standard InChI is InChI=1S/C18H14BFO2/c20-18-11-16(10-17(12-18)19(21)22)15-8-6-14(7-9-15)13-4-2-1-3-5-13/h1-12,21-22H. The van der Waals surface area contributed by atoms with Gasteiger partial charge >= 0.3 is 7.12 Å². The molecule has 2 nitrogen and oxygen atoms in total. The number of rotatable bonds is 3. The maximum absolute atomic E-state index is 13.6. The van der Waals surface area contributed by atoms with Crippen LogP contribution in [0.1, 0.15) is 0 Å². The molecule has 0 atom stereocenters. The minimum atomic E-state index is -1.68. The molecule has 108 valence electrons. The first-order chi connectivity index (χ1) is 10.6. The summed E-state index contributed by atoms with van der Waals surface area (Å²) in [5, 5.41) is 18.4. The summed E-state index contributed by atoms with van der Waals surface area (Å²) in [5.41, 5.74) is 3.76. The molecule has 22 heavy (non-hydrogen) atoms. The van der Waals surface area contributed by atoms with Crippen molar-refractivity contribution in [2.24, 2.45) is 0 Å². The van der Waals surface area contributed by atoms with Crippen molar-refractivity contribution in [3.63, 3.8) is 0 Å². The lowest BCUT2D eigenvalue weighted by molar-refractivity contribution is 0.425. The Morgan fingerprint density at radius 3 is 1.77 bits per heavy atom. The Bertz CT molecular complexity index is 771. The van der Waals surface area contributed by atoms with Crippen LogP contribution in [0.5, 0.6) is 0 Å². The van der Waals surface area contributed by atoms with Gasteiger partial charge in [0.2, 0.25) is 0 Å². The molecule has 0 radical (unpaired) electrons. The van der Waals surface area contributed by atoms with Gasteiger partial charge in [-0.2, -0.15) is 0 Å². The van der Waals surface area contributed by atoms with E-state index in [2.05, 4.69) is 0 Å². The van der Waals surface area contributed by atoms with Crippen LogP contribution in [0.25, 0.3) is 22.3 Å². The van der Waals surface area contributed by atoms with E-state index in [0.29, 0.717) is 5.56 Å². The Kier molecular flexibility index (Phi) is 4.05. The smallest absolute Gasteiger partial charge is 0.423 e. The molecule has 0 aliphatic rings. The molecule has 0 aliphatic carbocycles. The van der Waals surface area contributed by atoms with Gasteiger partial charge in [-0.15, -0.1) is 0 Å². The molecule has 0 bridgehead atoms. The van der Waals surface area contributed by atoms with Crippen molar-refractivity contribution in [1.82, 2.24) is 0 Å². The summed E-state index contributed by atoms with van der Waals surface area (Å²) in [7, 11) is -1.68. The van der Waals surface area contributed by atoms with E-state index in [0.717, 1.165) is 22.8 Å². The zero-order valence-electron chi connectivity index (χ0n) is 11.8. The summed E-state index contributed by atoms with van der Waals surface area (Å²) >= 11 is 0. The molecular weight excluding hydrogens is 278 g/mol. The van der Waals surface area contributed by atoms with Crippen molar-refractivity contribution in [2.75, 3.05) is 0 Å². The van der Waals surface area contributed by atoms with Crippen molar-refractivity contribution in [2.45, 2.75) is 0 Å². The molecule has 0 amide bonds. The second kappa shape index (κ2) is 6.14. The van der Waals surface area contributed by atoms with Crippen LogP contribution in [-0.4, -0.2) is 17.2 Å². The molecule has 3 rings (SSSR count). The van der Waals surface area contributed by atoms with Crippen LogP contribution in [0, 0.1) is 5.82 Å². The molecule has 0 aliphatic heterocycles. The molecular formula is C18H14BFO2. The first kappa shape index (κ1) is 14.5. The summed E-state index contributed by atoms with van der Waals surface area (Å²) < 4.78 is 13.6. The molecule has 0 saturated carbocycles. The maximum atomic E-state index is 13.6. The van der Waals surface area contributed by atoms with Crippen LogP contribution in [0.15, 0.2) is 72.8 Å². The van der Waals surface area contributed by atoms with Gasteiger partial charge in [-0.3, -0.25) is 0 Å². The third kappa shape index (κ3) is 3.08. The third-order valence-electron chi connectivity index (χ3n) is 3.54.